The predicted octanol–water partition coefficient (Wildman–Crippen LogP) is 1.52. The van der Waals surface area contributed by atoms with Gasteiger partial charge in [-0.2, -0.15) is 0 Å². The molecule has 0 aromatic heterocycles. The number of hydrogen-bond donors (Lipinski definition) is 2. The number of aromatic hydroxyl groups is 1. The molecule has 11 heteroatoms. The van der Waals surface area contributed by atoms with Crippen molar-refractivity contribution in [1.29, 1.82) is 0 Å². The zero-order valence-corrected chi connectivity index (χ0v) is 15.2. The van der Waals surface area contributed by atoms with Crippen molar-refractivity contribution in [2.24, 2.45) is 0 Å². The van der Waals surface area contributed by atoms with Crippen molar-refractivity contribution in [2.75, 3.05) is 18.1 Å². The maximum absolute atomic E-state index is 13.7. The molecule has 140 valence electrons. The molecule has 8 nitrogen and oxygen atoms in total. The third-order valence-corrected chi connectivity index (χ3v) is 5.74. The summed E-state index contributed by atoms with van der Waals surface area (Å²) in [6, 6.07) is 5.51. The van der Waals surface area contributed by atoms with Crippen molar-refractivity contribution >= 4 is 31.5 Å². The molecule has 2 aromatic carbocycles. The number of hydrogen-bond acceptors (Lipinski definition) is 7. The summed E-state index contributed by atoms with van der Waals surface area (Å²) < 4.78 is 68.4. The average Bonchev–Trinajstić information content (AvgIpc) is 2.53. The monoisotopic (exact) mass is 403 g/mol. The molecule has 0 radical (unpaired) electrons. The highest BCUT2D eigenvalue weighted by molar-refractivity contribution is 7.93. The van der Waals surface area contributed by atoms with E-state index in [0.29, 0.717) is 12.1 Å². The van der Waals surface area contributed by atoms with Crippen LogP contribution < -0.4 is 4.72 Å². The van der Waals surface area contributed by atoms with Crippen molar-refractivity contribution in [1.82, 2.24) is 0 Å². The van der Waals surface area contributed by atoms with Gasteiger partial charge in [-0.3, -0.25) is 4.72 Å². The molecule has 0 heterocycles. The van der Waals surface area contributed by atoms with Crippen LogP contribution in [0.2, 0.25) is 0 Å². The Hall–Kier alpha value is -2.66. The van der Waals surface area contributed by atoms with Crippen LogP contribution in [-0.4, -0.2) is 41.3 Å². The molecule has 26 heavy (non-hydrogen) atoms. The summed E-state index contributed by atoms with van der Waals surface area (Å²) >= 11 is 0. The van der Waals surface area contributed by atoms with Crippen molar-refractivity contribution < 1.29 is 35.9 Å². The Morgan fingerprint density at radius 1 is 1.12 bits per heavy atom. The van der Waals surface area contributed by atoms with Gasteiger partial charge < -0.3 is 9.84 Å². The summed E-state index contributed by atoms with van der Waals surface area (Å²) in [6.07, 6.45) is 0.736. The van der Waals surface area contributed by atoms with Gasteiger partial charge in [0, 0.05) is 12.3 Å². The number of carbonyl (C=O) groups excluding carboxylic acids is 1. The van der Waals surface area contributed by atoms with E-state index < -0.39 is 41.4 Å². The van der Waals surface area contributed by atoms with E-state index in [1.165, 1.54) is 0 Å². The zero-order chi connectivity index (χ0) is 19.7. The summed E-state index contributed by atoms with van der Waals surface area (Å²) in [5.41, 5.74) is -0.471. The molecule has 0 bridgehead atoms. The van der Waals surface area contributed by atoms with E-state index in [-0.39, 0.29) is 17.0 Å². The molecular weight excluding hydrogens is 389 g/mol. The van der Waals surface area contributed by atoms with Gasteiger partial charge in [-0.25, -0.2) is 26.0 Å². The first-order valence-electron chi connectivity index (χ1n) is 6.89. The van der Waals surface area contributed by atoms with Gasteiger partial charge in [-0.15, -0.1) is 0 Å². The first-order valence-corrected chi connectivity index (χ1v) is 10.3. The Labute approximate surface area is 149 Å². The normalized spacial score (nSPS) is 11.8. The first-order chi connectivity index (χ1) is 12.0. The van der Waals surface area contributed by atoms with Gasteiger partial charge in [0.25, 0.3) is 10.0 Å². The second-order valence-corrected chi connectivity index (χ2v) is 8.86. The molecular formula is C15H14FNO7S2. The van der Waals surface area contributed by atoms with Crippen LogP contribution in [0.1, 0.15) is 10.4 Å². The maximum Gasteiger partial charge on any atom is 0.339 e. The lowest BCUT2D eigenvalue weighted by Gasteiger charge is -2.13. The van der Waals surface area contributed by atoms with Crippen LogP contribution in [0.15, 0.2) is 46.2 Å². The second-order valence-electron chi connectivity index (χ2n) is 5.19. The fraction of sp³-hybridized carbons (Fsp3) is 0.133. The van der Waals surface area contributed by atoms with Crippen LogP contribution >= 0.6 is 0 Å². The number of carbonyl (C=O) groups is 1. The predicted molar refractivity (Wildman–Crippen MR) is 89.8 cm³/mol. The van der Waals surface area contributed by atoms with Crippen LogP contribution in [0.25, 0.3) is 0 Å². The molecule has 2 N–H and O–H groups in total. The number of esters is 1. The smallest absolute Gasteiger partial charge is 0.339 e. The van der Waals surface area contributed by atoms with E-state index in [4.69, 9.17) is 0 Å². The number of methoxy groups -OCH3 is 1. The fourth-order valence-corrected chi connectivity index (χ4v) is 3.98. The number of sulfone groups is 1. The second kappa shape index (κ2) is 6.92. The topological polar surface area (TPSA) is 127 Å². The van der Waals surface area contributed by atoms with Gasteiger partial charge in [0.15, 0.2) is 9.84 Å². The van der Waals surface area contributed by atoms with E-state index in [0.717, 1.165) is 37.6 Å². The summed E-state index contributed by atoms with van der Waals surface area (Å²) in [7, 11) is -7.31. The van der Waals surface area contributed by atoms with Crippen LogP contribution in [-0.2, 0) is 24.6 Å². The van der Waals surface area contributed by atoms with Crippen molar-refractivity contribution in [2.45, 2.75) is 9.79 Å². The Balaban J connectivity index is 2.55. The Morgan fingerprint density at radius 3 is 2.35 bits per heavy atom. The van der Waals surface area contributed by atoms with Gasteiger partial charge in [-0.05, 0) is 30.3 Å². The number of phenolic OH excluding ortho intramolecular Hbond substituents is 1. The van der Waals surface area contributed by atoms with Gasteiger partial charge in [0.05, 0.1) is 23.3 Å². The molecule has 0 spiro atoms. The van der Waals surface area contributed by atoms with Gasteiger partial charge in [-0.1, -0.05) is 0 Å². The van der Waals surface area contributed by atoms with Crippen LogP contribution in [0.4, 0.5) is 10.1 Å². The highest BCUT2D eigenvalue weighted by Crippen LogP contribution is 2.26. The molecule has 0 atom stereocenters. The third kappa shape index (κ3) is 4.11. The summed E-state index contributed by atoms with van der Waals surface area (Å²) in [4.78, 5) is 10.4. The molecule has 0 saturated heterocycles. The first kappa shape index (κ1) is 19.7. The lowest BCUT2D eigenvalue weighted by Crippen LogP contribution is -2.17. The number of rotatable bonds is 5. The number of ether oxygens (including phenoxy) is 1. The average molecular weight is 403 g/mol. The Kier molecular flexibility index (Phi) is 5.23. The minimum atomic E-state index is -4.39. The lowest BCUT2D eigenvalue weighted by molar-refractivity contribution is 0.0602. The van der Waals surface area contributed by atoms with Crippen molar-refractivity contribution in [3.8, 4) is 5.75 Å². The number of phenols is 1. The van der Waals surface area contributed by atoms with E-state index in [1.807, 2.05) is 0 Å². The number of sulfonamides is 1. The standard InChI is InChI=1S/C15H14FNO7S2/c1-24-15(19)11-5-3-9(18)7-13(11)17-26(22,23)10-4-6-12(16)14(8-10)25(2,20)21/h3-8,17-18H,1-2H3. The SMILES string of the molecule is COC(=O)c1ccc(O)cc1NS(=O)(=O)c1ccc(F)c(S(C)(=O)=O)c1. The highest BCUT2D eigenvalue weighted by atomic mass is 32.2. The van der Waals surface area contributed by atoms with Crippen LogP contribution in [0.3, 0.4) is 0 Å². The quantitative estimate of drug-likeness (QED) is 0.725. The molecule has 0 unspecified atom stereocenters. The lowest BCUT2D eigenvalue weighted by atomic mass is 10.2. The minimum Gasteiger partial charge on any atom is -0.508 e. The Bertz CT molecular complexity index is 1080. The summed E-state index contributed by atoms with van der Waals surface area (Å²) in [5, 5.41) is 9.53. The van der Waals surface area contributed by atoms with Crippen LogP contribution in [0.5, 0.6) is 5.75 Å². The molecule has 0 amide bonds. The van der Waals surface area contributed by atoms with Crippen LogP contribution in [0, 0.1) is 5.82 Å². The molecule has 0 saturated carbocycles. The van der Waals surface area contributed by atoms with Gasteiger partial charge in [0.1, 0.15) is 16.5 Å². The Morgan fingerprint density at radius 2 is 1.77 bits per heavy atom. The number of halogens is 1. The third-order valence-electron chi connectivity index (χ3n) is 3.27. The molecule has 0 aliphatic carbocycles. The van der Waals surface area contributed by atoms with Crippen molar-refractivity contribution in [3.63, 3.8) is 0 Å². The maximum atomic E-state index is 13.7. The minimum absolute atomic E-state index is 0.181. The number of benzene rings is 2. The zero-order valence-electron chi connectivity index (χ0n) is 13.6. The molecule has 0 fully saturated rings. The fourth-order valence-electron chi connectivity index (χ4n) is 2.04. The largest absolute Gasteiger partial charge is 0.508 e. The molecule has 0 aliphatic rings. The van der Waals surface area contributed by atoms with Crippen molar-refractivity contribution in [3.05, 3.63) is 47.8 Å². The van der Waals surface area contributed by atoms with E-state index in [9.17, 15) is 31.1 Å². The van der Waals surface area contributed by atoms with E-state index in [1.54, 1.807) is 0 Å². The van der Waals surface area contributed by atoms with Gasteiger partial charge in [0.2, 0.25) is 0 Å². The molecule has 2 rings (SSSR count). The molecule has 2 aromatic rings. The van der Waals surface area contributed by atoms with Gasteiger partial charge >= 0.3 is 5.97 Å². The summed E-state index contributed by atoms with van der Waals surface area (Å²) in [6.45, 7) is 0. The van der Waals surface area contributed by atoms with E-state index >= 15 is 0 Å². The summed E-state index contributed by atoms with van der Waals surface area (Å²) in [5.74, 6) is -2.29. The highest BCUT2D eigenvalue weighted by Gasteiger charge is 2.23. The number of nitrogens with one attached hydrogen (secondary N) is 1. The van der Waals surface area contributed by atoms with E-state index in [2.05, 4.69) is 9.46 Å². The number of anilines is 1. The molecule has 0 aliphatic heterocycles.